The first-order valence-corrected chi connectivity index (χ1v) is 9.25. The summed E-state index contributed by atoms with van der Waals surface area (Å²) < 4.78 is 5.11. The maximum Gasteiger partial charge on any atom is 0.337 e. The highest BCUT2D eigenvalue weighted by Gasteiger charge is 2.52. The molecule has 0 amide bonds. The lowest BCUT2D eigenvalue weighted by Crippen LogP contribution is -2.52. The van der Waals surface area contributed by atoms with Crippen LogP contribution in [0.5, 0.6) is 0 Å². The van der Waals surface area contributed by atoms with Crippen molar-refractivity contribution >= 4 is 5.97 Å². The summed E-state index contributed by atoms with van der Waals surface area (Å²) in [6.45, 7) is 2.16. The third-order valence-electron chi connectivity index (χ3n) is 5.14. The summed E-state index contributed by atoms with van der Waals surface area (Å²) in [5.41, 5.74) is -0.250. The number of aliphatic hydroxyl groups is 5. The number of carbonyl (C=O) groups excluding carboxylic acids is 1. The molecule has 0 saturated heterocycles. The molecule has 7 heteroatoms. The van der Waals surface area contributed by atoms with E-state index in [0.717, 1.165) is 25.7 Å². The standard InChI is InChI=1S/C18H30O7/c1-2-3-4-5-6-7-8-9-10(19)17-11-12(18(24)25-17)14(21)16(23)15(22)13(11)20/h10,13-17,19-23H,2-9H2,1H3/t10?,13-,14-,15+,16+,17-/m1/s1. The normalized spacial score (nSPS) is 33.4. The van der Waals surface area contributed by atoms with Crippen molar-refractivity contribution in [2.75, 3.05) is 0 Å². The Morgan fingerprint density at radius 2 is 1.48 bits per heavy atom. The second kappa shape index (κ2) is 9.09. The van der Waals surface area contributed by atoms with Gasteiger partial charge in [0.25, 0.3) is 0 Å². The smallest absolute Gasteiger partial charge is 0.337 e. The molecule has 1 aliphatic carbocycles. The number of ether oxygens (including phenoxy) is 1. The summed E-state index contributed by atoms with van der Waals surface area (Å²) in [4.78, 5) is 12.0. The molecule has 1 aliphatic heterocycles. The lowest BCUT2D eigenvalue weighted by Gasteiger charge is -2.34. The molecule has 0 aromatic carbocycles. The van der Waals surface area contributed by atoms with E-state index in [9.17, 15) is 30.3 Å². The van der Waals surface area contributed by atoms with Gasteiger partial charge in [0.05, 0.1) is 11.7 Å². The fourth-order valence-corrected chi connectivity index (χ4v) is 3.61. The highest BCUT2D eigenvalue weighted by molar-refractivity contribution is 5.94. The third-order valence-corrected chi connectivity index (χ3v) is 5.14. The molecule has 5 N–H and O–H groups in total. The molecule has 2 rings (SSSR count). The third kappa shape index (κ3) is 4.41. The fraction of sp³-hybridized carbons (Fsp3) is 0.833. The summed E-state index contributed by atoms with van der Waals surface area (Å²) in [6, 6.07) is 0. The van der Waals surface area contributed by atoms with E-state index in [1.165, 1.54) is 19.3 Å². The van der Waals surface area contributed by atoms with Crippen LogP contribution >= 0.6 is 0 Å². The molecule has 6 atom stereocenters. The number of hydrogen-bond acceptors (Lipinski definition) is 7. The van der Waals surface area contributed by atoms with Crippen molar-refractivity contribution in [1.29, 1.82) is 0 Å². The lowest BCUT2D eigenvalue weighted by atomic mass is 9.81. The highest BCUT2D eigenvalue weighted by atomic mass is 16.6. The average Bonchev–Trinajstić information content (AvgIpc) is 2.94. The predicted octanol–water partition coefficient (Wildman–Crippen LogP) is 0.167. The van der Waals surface area contributed by atoms with Crippen LogP contribution in [-0.2, 0) is 9.53 Å². The summed E-state index contributed by atoms with van der Waals surface area (Å²) in [7, 11) is 0. The Labute approximate surface area is 147 Å². The average molecular weight is 358 g/mol. The van der Waals surface area contributed by atoms with E-state index in [1.807, 2.05) is 0 Å². The molecule has 0 aromatic heterocycles. The number of cyclic esters (lactones) is 1. The minimum Gasteiger partial charge on any atom is -0.451 e. The van der Waals surface area contributed by atoms with Gasteiger partial charge in [-0.15, -0.1) is 0 Å². The van der Waals surface area contributed by atoms with Crippen molar-refractivity contribution in [1.82, 2.24) is 0 Å². The lowest BCUT2D eigenvalue weighted by molar-refractivity contribution is -0.145. The SMILES string of the molecule is CCCCCCCCCC(O)[C@H]1OC(=O)C2=C1[C@@H](O)[C@H](O)[C@@H](O)[C@@H]2O. The van der Waals surface area contributed by atoms with Crippen LogP contribution in [0, 0.1) is 0 Å². The monoisotopic (exact) mass is 358 g/mol. The van der Waals surface area contributed by atoms with Gasteiger partial charge in [0.15, 0.2) is 6.10 Å². The van der Waals surface area contributed by atoms with Gasteiger partial charge in [-0.1, -0.05) is 51.9 Å². The maximum atomic E-state index is 12.0. The van der Waals surface area contributed by atoms with Gasteiger partial charge in [0.1, 0.15) is 24.4 Å². The van der Waals surface area contributed by atoms with Crippen LogP contribution in [0.4, 0.5) is 0 Å². The molecular formula is C18H30O7. The molecule has 0 saturated carbocycles. The zero-order valence-electron chi connectivity index (χ0n) is 14.7. The van der Waals surface area contributed by atoms with Crippen LogP contribution in [0.3, 0.4) is 0 Å². The van der Waals surface area contributed by atoms with Crippen molar-refractivity contribution in [2.45, 2.75) is 94.9 Å². The van der Waals surface area contributed by atoms with Gasteiger partial charge in [0, 0.05) is 5.57 Å². The summed E-state index contributed by atoms with van der Waals surface area (Å²) in [5, 5.41) is 50.0. The fourth-order valence-electron chi connectivity index (χ4n) is 3.61. The zero-order chi connectivity index (χ0) is 18.6. The first kappa shape index (κ1) is 20.3. The van der Waals surface area contributed by atoms with Crippen LogP contribution in [0.2, 0.25) is 0 Å². The Kier molecular flexibility index (Phi) is 7.39. The van der Waals surface area contributed by atoms with E-state index >= 15 is 0 Å². The number of esters is 1. The summed E-state index contributed by atoms with van der Waals surface area (Å²) in [6.07, 6.45) is -0.599. The topological polar surface area (TPSA) is 127 Å². The van der Waals surface area contributed by atoms with Crippen LogP contribution in [0.15, 0.2) is 11.1 Å². The Hall–Kier alpha value is -0.990. The van der Waals surface area contributed by atoms with Crippen molar-refractivity contribution < 1.29 is 35.1 Å². The van der Waals surface area contributed by atoms with E-state index < -0.39 is 42.6 Å². The predicted molar refractivity (Wildman–Crippen MR) is 89.6 cm³/mol. The van der Waals surface area contributed by atoms with E-state index in [-0.39, 0.29) is 11.1 Å². The van der Waals surface area contributed by atoms with E-state index in [1.54, 1.807) is 0 Å². The molecule has 1 heterocycles. The zero-order valence-corrected chi connectivity index (χ0v) is 14.7. The number of hydrogen-bond donors (Lipinski definition) is 5. The van der Waals surface area contributed by atoms with Gasteiger partial charge in [-0.25, -0.2) is 4.79 Å². The van der Waals surface area contributed by atoms with Crippen LogP contribution in [-0.4, -0.2) is 68.1 Å². The second-order valence-corrected chi connectivity index (χ2v) is 7.04. The van der Waals surface area contributed by atoms with Crippen molar-refractivity contribution in [3.8, 4) is 0 Å². The minimum atomic E-state index is -1.67. The van der Waals surface area contributed by atoms with Crippen LogP contribution < -0.4 is 0 Å². The molecule has 144 valence electrons. The first-order valence-electron chi connectivity index (χ1n) is 9.25. The molecule has 0 bridgehead atoms. The Morgan fingerprint density at radius 3 is 2.12 bits per heavy atom. The van der Waals surface area contributed by atoms with E-state index in [0.29, 0.717) is 6.42 Å². The van der Waals surface area contributed by atoms with Gasteiger partial charge in [0.2, 0.25) is 0 Å². The molecule has 2 aliphatic rings. The molecule has 25 heavy (non-hydrogen) atoms. The van der Waals surface area contributed by atoms with Gasteiger partial charge in [-0.05, 0) is 6.42 Å². The molecule has 7 nitrogen and oxygen atoms in total. The van der Waals surface area contributed by atoms with Gasteiger partial charge in [-0.3, -0.25) is 0 Å². The molecular weight excluding hydrogens is 328 g/mol. The molecule has 0 spiro atoms. The summed E-state index contributed by atoms with van der Waals surface area (Å²) in [5.74, 6) is -0.865. The minimum absolute atomic E-state index is 0.00857. The molecule has 1 unspecified atom stereocenters. The molecule has 0 fully saturated rings. The highest BCUT2D eigenvalue weighted by Crippen LogP contribution is 2.37. The quantitative estimate of drug-likeness (QED) is 0.294. The van der Waals surface area contributed by atoms with Crippen molar-refractivity contribution in [3.05, 3.63) is 11.1 Å². The number of rotatable bonds is 9. The first-order chi connectivity index (χ1) is 11.9. The Morgan fingerprint density at radius 1 is 0.920 bits per heavy atom. The Balaban J connectivity index is 1.91. The Bertz CT molecular complexity index is 490. The van der Waals surface area contributed by atoms with Gasteiger partial charge in [-0.2, -0.15) is 0 Å². The maximum absolute atomic E-state index is 12.0. The number of aliphatic hydroxyl groups excluding tert-OH is 5. The van der Waals surface area contributed by atoms with E-state index in [4.69, 9.17) is 4.74 Å². The van der Waals surface area contributed by atoms with Crippen LogP contribution in [0.25, 0.3) is 0 Å². The summed E-state index contributed by atoms with van der Waals surface area (Å²) >= 11 is 0. The van der Waals surface area contributed by atoms with E-state index in [2.05, 4.69) is 6.92 Å². The second-order valence-electron chi connectivity index (χ2n) is 7.04. The molecule has 0 radical (unpaired) electrons. The van der Waals surface area contributed by atoms with Crippen molar-refractivity contribution in [2.24, 2.45) is 0 Å². The van der Waals surface area contributed by atoms with Crippen LogP contribution in [0.1, 0.15) is 58.3 Å². The van der Waals surface area contributed by atoms with Crippen molar-refractivity contribution in [3.63, 3.8) is 0 Å². The molecule has 0 aromatic rings. The number of carbonyl (C=O) groups is 1. The van der Waals surface area contributed by atoms with Gasteiger partial charge < -0.3 is 30.3 Å². The number of unbranched alkanes of at least 4 members (excludes halogenated alkanes) is 6. The largest absolute Gasteiger partial charge is 0.451 e. The van der Waals surface area contributed by atoms with Gasteiger partial charge >= 0.3 is 5.97 Å².